The molecule has 8 aromatic carbocycles. The van der Waals surface area contributed by atoms with Crippen LogP contribution in [0.1, 0.15) is 22.3 Å². The minimum Gasteiger partial charge on any atom is -0.227 e. The number of benzene rings is 8. The quantitative estimate of drug-likeness (QED) is 0.183. The van der Waals surface area contributed by atoms with E-state index in [0.29, 0.717) is 0 Å². The van der Waals surface area contributed by atoms with Crippen molar-refractivity contribution in [2.24, 2.45) is 0 Å². The number of hydrogen-bond acceptors (Lipinski definition) is 2. The van der Waals surface area contributed by atoms with Gasteiger partial charge in [0.15, 0.2) is 5.82 Å². The molecule has 1 heterocycles. The molecule has 0 bridgehead atoms. The Hall–Kier alpha value is -6.38. The molecule has 1 aliphatic rings. The predicted molar refractivity (Wildman–Crippen MR) is 203 cm³/mol. The van der Waals surface area contributed by atoms with Crippen molar-refractivity contribution >= 4 is 32.4 Å². The molecule has 0 N–H and O–H groups in total. The van der Waals surface area contributed by atoms with Crippen LogP contribution in [0.25, 0.3) is 66.2 Å². The monoisotopic (exact) mass is 622 g/mol. The molecule has 2 nitrogen and oxygen atoms in total. The van der Waals surface area contributed by atoms with Gasteiger partial charge in [0.25, 0.3) is 0 Å². The average Bonchev–Trinajstić information content (AvgIpc) is 3.47. The zero-order valence-electron chi connectivity index (χ0n) is 26.7. The number of fused-ring (bicyclic) bond motifs is 7. The van der Waals surface area contributed by atoms with Crippen molar-refractivity contribution in [2.75, 3.05) is 0 Å². The van der Waals surface area contributed by atoms with E-state index in [0.717, 1.165) is 44.3 Å². The van der Waals surface area contributed by atoms with Crippen molar-refractivity contribution in [1.29, 1.82) is 0 Å². The zero-order valence-corrected chi connectivity index (χ0v) is 26.7. The first-order chi connectivity index (χ1) is 24.3. The lowest BCUT2D eigenvalue weighted by Crippen LogP contribution is -2.28. The lowest BCUT2D eigenvalue weighted by atomic mass is 9.67. The third-order valence-electron chi connectivity index (χ3n) is 10.3. The van der Waals surface area contributed by atoms with Gasteiger partial charge in [0, 0.05) is 21.9 Å². The van der Waals surface area contributed by atoms with E-state index in [2.05, 4.69) is 182 Å². The van der Waals surface area contributed by atoms with Gasteiger partial charge in [-0.1, -0.05) is 164 Å². The minimum absolute atomic E-state index is 0.447. The number of rotatable bonds is 4. The van der Waals surface area contributed by atoms with Gasteiger partial charge in [-0.25, -0.2) is 9.97 Å². The molecule has 0 fully saturated rings. The van der Waals surface area contributed by atoms with Gasteiger partial charge in [-0.05, 0) is 67.7 Å². The largest absolute Gasteiger partial charge is 0.227 e. The van der Waals surface area contributed by atoms with Gasteiger partial charge >= 0.3 is 0 Å². The van der Waals surface area contributed by atoms with Gasteiger partial charge in [-0.15, -0.1) is 0 Å². The molecule has 10 rings (SSSR count). The normalized spacial score (nSPS) is 13.1. The van der Waals surface area contributed by atoms with Gasteiger partial charge in [0.2, 0.25) is 0 Å². The van der Waals surface area contributed by atoms with Gasteiger partial charge in [0.1, 0.15) is 0 Å². The van der Waals surface area contributed by atoms with Crippen molar-refractivity contribution in [2.45, 2.75) is 5.41 Å². The number of aromatic nitrogens is 2. The molecule has 0 atom stereocenters. The van der Waals surface area contributed by atoms with Crippen LogP contribution < -0.4 is 0 Å². The van der Waals surface area contributed by atoms with Crippen LogP contribution in [0.5, 0.6) is 0 Å². The highest BCUT2D eigenvalue weighted by Crippen LogP contribution is 2.57. The third-order valence-corrected chi connectivity index (χ3v) is 10.3. The zero-order chi connectivity index (χ0) is 32.4. The molecule has 0 amide bonds. The second kappa shape index (κ2) is 10.8. The van der Waals surface area contributed by atoms with E-state index in [-0.39, 0.29) is 0 Å². The van der Waals surface area contributed by atoms with Crippen molar-refractivity contribution in [3.63, 3.8) is 0 Å². The van der Waals surface area contributed by atoms with Gasteiger partial charge in [-0.3, -0.25) is 0 Å². The maximum atomic E-state index is 5.36. The summed E-state index contributed by atoms with van der Waals surface area (Å²) in [6.07, 6.45) is 0. The summed E-state index contributed by atoms with van der Waals surface area (Å²) in [6, 6.07) is 65.6. The fourth-order valence-electron chi connectivity index (χ4n) is 8.21. The highest BCUT2D eigenvalue weighted by atomic mass is 14.9. The fourth-order valence-corrected chi connectivity index (χ4v) is 8.21. The highest BCUT2D eigenvalue weighted by molar-refractivity contribution is 6.10. The van der Waals surface area contributed by atoms with Crippen LogP contribution >= 0.6 is 0 Å². The standard InChI is InChI=1S/C47H30N2/c1-4-16-32(17-5-1)44-39-28-27-31-15-10-11-23-36(31)45(39)49-46(48-44)38-25-14-18-33-29-43-41(30-40(33)38)37-24-12-13-26-42(37)47(43,34-19-6-2-7-20-34)35-21-8-3-9-22-35/h1-30H. The summed E-state index contributed by atoms with van der Waals surface area (Å²) in [5.74, 6) is 0.733. The Bertz CT molecular complexity index is 2660. The molecule has 0 spiro atoms. The topological polar surface area (TPSA) is 25.8 Å². The Morgan fingerprint density at radius 2 is 1.00 bits per heavy atom. The van der Waals surface area contributed by atoms with Gasteiger partial charge in [0.05, 0.1) is 16.6 Å². The maximum Gasteiger partial charge on any atom is 0.161 e. The van der Waals surface area contributed by atoms with E-state index in [1.54, 1.807) is 0 Å². The first-order valence-electron chi connectivity index (χ1n) is 16.8. The lowest BCUT2D eigenvalue weighted by molar-refractivity contribution is 0.769. The summed E-state index contributed by atoms with van der Waals surface area (Å²) in [7, 11) is 0. The molecule has 0 saturated carbocycles. The van der Waals surface area contributed by atoms with Crippen molar-refractivity contribution in [3.05, 3.63) is 204 Å². The molecule has 1 aliphatic carbocycles. The summed E-state index contributed by atoms with van der Waals surface area (Å²) in [4.78, 5) is 10.7. The first-order valence-corrected chi connectivity index (χ1v) is 16.8. The Morgan fingerprint density at radius 1 is 0.367 bits per heavy atom. The van der Waals surface area contributed by atoms with Gasteiger partial charge < -0.3 is 0 Å². The molecule has 0 saturated heterocycles. The van der Waals surface area contributed by atoms with Crippen LogP contribution in [-0.4, -0.2) is 9.97 Å². The second-order valence-electron chi connectivity index (χ2n) is 12.9. The van der Waals surface area contributed by atoms with Crippen LogP contribution in [0.15, 0.2) is 182 Å². The summed E-state index contributed by atoms with van der Waals surface area (Å²) >= 11 is 0. The van der Waals surface area contributed by atoms with Crippen LogP contribution in [-0.2, 0) is 5.41 Å². The van der Waals surface area contributed by atoms with E-state index in [1.165, 1.54) is 44.2 Å². The molecule has 9 aromatic rings. The van der Waals surface area contributed by atoms with Crippen LogP contribution in [0.2, 0.25) is 0 Å². The number of nitrogens with zero attached hydrogens (tertiary/aromatic N) is 2. The van der Waals surface area contributed by atoms with Crippen LogP contribution in [0.4, 0.5) is 0 Å². The van der Waals surface area contributed by atoms with Gasteiger partial charge in [-0.2, -0.15) is 0 Å². The second-order valence-corrected chi connectivity index (χ2v) is 12.9. The summed E-state index contributed by atoms with van der Waals surface area (Å²) < 4.78 is 0. The third kappa shape index (κ3) is 4.07. The van der Waals surface area contributed by atoms with Crippen molar-refractivity contribution < 1.29 is 0 Å². The highest BCUT2D eigenvalue weighted by Gasteiger charge is 2.46. The van der Waals surface area contributed by atoms with E-state index >= 15 is 0 Å². The van der Waals surface area contributed by atoms with Crippen LogP contribution in [0, 0.1) is 0 Å². The fraction of sp³-hybridized carbons (Fsp3) is 0.0213. The van der Waals surface area contributed by atoms with E-state index in [1.807, 2.05) is 0 Å². The van der Waals surface area contributed by atoms with E-state index < -0.39 is 5.41 Å². The minimum atomic E-state index is -0.447. The Kier molecular flexibility index (Phi) is 6.13. The molecule has 0 radical (unpaired) electrons. The molecular weight excluding hydrogens is 593 g/mol. The summed E-state index contributed by atoms with van der Waals surface area (Å²) in [6.45, 7) is 0. The molecular formula is C47H30N2. The Balaban J connectivity index is 1.29. The summed E-state index contributed by atoms with van der Waals surface area (Å²) in [5.41, 5.74) is 11.2. The number of hydrogen-bond donors (Lipinski definition) is 0. The smallest absolute Gasteiger partial charge is 0.161 e. The lowest BCUT2D eigenvalue weighted by Gasteiger charge is -2.34. The Labute approximate surface area is 285 Å². The summed E-state index contributed by atoms with van der Waals surface area (Å²) in [5, 5.41) is 5.67. The molecule has 0 aliphatic heterocycles. The predicted octanol–water partition coefficient (Wildman–Crippen LogP) is 11.6. The van der Waals surface area contributed by atoms with E-state index in [4.69, 9.17) is 9.97 Å². The van der Waals surface area contributed by atoms with Crippen molar-refractivity contribution in [1.82, 2.24) is 9.97 Å². The van der Waals surface area contributed by atoms with Crippen molar-refractivity contribution in [3.8, 4) is 33.8 Å². The van der Waals surface area contributed by atoms with Crippen LogP contribution in [0.3, 0.4) is 0 Å². The Morgan fingerprint density at radius 3 is 1.78 bits per heavy atom. The molecule has 2 heteroatoms. The molecule has 0 unspecified atom stereocenters. The maximum absolute atomic E-state index is 5.36. The molecule has 228 valence electrons. The average molecular weight is 623 g/mol. The molecule has 1 aromatic heterocycles. The SMILES string of the molecule is c1ccc(-c2nc(-c3cccc4cc5c(cc34)-c3ccccc3C5(c3ccccc3)c3ccccc3)nc3c2ccc2ccccc23)cc1. The molecule has 49 heavy (non-hydrogen) atoms. The first kappa shape index (κ1) is 27.7. The van der Waals surface area contributed by atoms with E-state index in [9.17, 15) is 0 Å².